The number of fused-ring (bicyclic) bond motifs is 1. The first-order valence-electron chi connectivity index (χ1n) is 9.92. The maximum Gasteiger partial charge on any atom is 0.266 e. The second kappa shape index (κ2) is 7.76. The van der Waals surface area contributed by atoms with Crippen molar-refractivity contribution < 1.29 is 9.32 Å². The highest BCUT2D eigenvalue weighted by Gasteiger charge is 2.37. The smallest absolute Gasteiger partial charge is 0.266 e. The average molecular weight is 421 g/mol. The zero-order chi connectivity index (χ0) is 19.8. The van der Waals surface area contributed by atoms with Crippen molar-refractivity contribution in [2.45, 2.75) is 38.1 Å². The van der Waals surface area contributed by atoms with Gasteiger partial charge >= 0.3 is 0 Å². The van der Waals surface area contributed by atoms with Crippen LogP contribution in [0.25, 0.3) is 28.3 Å². The molecule has 6 heteroatoms. The molecule has 1 aliphatic heterocycles. The molecule has 2 aliphatic rings. The van der Waals surface area contributed by atoms with Gasteiger partial charge in [-0.05, 0) is 36.6 Å². The summed E-state index contributed by atoms with van der Waals surface area (Å²) >= 11 is 6.95. The van der Waals surface area contributed by atoms with Crippen LogP contribution in [0.1, 0.15) is 37.7 Å². The Morgan fingerprint density at radius 1 is 1.10 bits per heavy atom. The van der Waals surface area contributed by atoms with Gasteiger partial charge in [0.2, 0.25) is 0 Å². The summed E-state index contributed by atoms with van der Waals surface area (Å²) in [5.41, 5.74) is 2.73. The van der Waals surface area contributed by atoms with Crippen molar-refractivity contribution in [1.29, 1.82) is 0 Å². The summed E-state index contributed by atoms with van der Waals surface area (Å²) in [6.07, 6.45) is 7.63. The lowest BCUT2D eigenvalue weighted by Crippen LogP contribution is -2.39. The van der Waals surface area contributed by atoms with E-state index < -0.39 is 0 Å². The third-order valence-electron chi connectivity index (χ3n) is 5.60. The predicted octanol–water partition coefficient (Wildman–Crippen LogP) is 6.03. The molecule has 2 aromatic carbocycles. The lowest BCUT2D eigenvalue weighted by atomic mass is 9.94. The molecule has 3 aromatic rings. The van der Waals surface area contributed by atoms with Crippen molar-refractivity contribution in [3.63, 3.8) is 0 Å². The van der Waals surface area contributed by atoms with Crippen LogP contribution in [-0.2, 0) is 4.79 Å². The molecule has 0 radical (unpaired) electrons. The lowest BCUT2D eigenvalue weighted by Gasteiger charge is -2.29. The number of thioether (sulfide) groups is 1. The van der Waals surface area contributed by atoms with Gasteiger partial charge in [0.15, 0.2) is 5.76 Å². The normalized spacial score (nSPS) is 19.6. The molecule has 0 bridgehead atoms. The number of nitrogens with zero attached hydrogens (tertiary/aromatic N) is 2. The van der Waals surface area contributed by atoms with Crippen molar-refractivity contribution in [2.75, 3.05) is 0 Å². The lowest BCUT2D eigenvalue weighted by molar-refractivity contribution is -0.124. The minimum absolute atomic E-state index is 0.0422. The number of carbonyl (C=O) groups excluding carboxylic acids is 1. The Morgan fingerprint density at radius 3 is 2.69 bits per heavy atom. The molecular formula is C23H20N2O2S2. The molecule has 0 spiro atoms. The van der Waals surface area contributed by atoms with Gasteiger partial charge in [0.1, 0.15) is 9.84 Å². The van der Waals surface area contributed by atoms with Crippen molar-refractivity contribution in [2.24, 2.45) is 0 Å². The molecule has 2 heterocycles. The average Bonchev–Trinajstić information content (AvgIpc) is 3.29. The summed E-state index contributed by atoms with van der Waals surface area (Å²) in [4.78, 5) is 15.6. The molecule has 29 heavy (non-hydrogen) atoms. The van der Waals surface area contributed by atoms with Gasteiger partial charge in [0.05, 0.1) is 10.3 Å². The fourth-order valence-electron chi connectivity index (χ4n) is 4.13. The Morgan fingerprint density at radius 2 is 1.90 bits per heavy atom. The number of aromatic nitrogens is 1. The summed E-state index contributed by atoms with van der Waals surface area (Å²) in [6.45, 7) is 0. The maximum absolute atomic E-state index is 13.0. The van der Waals surface area contributed by atoms with Gasteiger partial charge in [-0.2, -0.15) is 0 Å². The van der Waals surface area contributed by atoms with E-state index in [2.05, 4.69) is 5.16 Å². The molecule has 1 amide bonds. The summed E-state index contributed by atoms with van der Waals surface area (Å²) in [5.74, 6) is 0.784. The number of hydrogen-bond donors (Lipinski definition) is 0. The first kappa shape index (κ1) is 18.6. The first-order valence-corrected chi connectivity index (χ1v) is 11.1. The second-order valence-corrected chi connectivity index (χ2v) is 9.17. The van der Waals surface area contributed by atoms with E-state index in [4.69, 9.17) is 16.7 Å². The Hall–Kier alpha value is -2.44. The van der Waals surface area contributed by atoms with Crippen LogP contribution < -0.4 is 0 Å². The monoisotopic (exact) mass is 420 g/mol. The summed E-state index contributed by atoms with van der Waals surface area (Å²) in [7, 11) is 0. The molecule has 0 unspecified atom stereocenters. The predicted molar refractivity (Wildman–Crippen MR) is 121 cm³/mol. The van der Waals surface area contributed by atoms with E-state index in [1.54, 1.807) is 0 Å². The highest BCUT2D eigenvalue weighted by Crippen LogP contribution is 2.38. The summed E-state index contributed by atoms with van der Waals surface area (Å²) in [6, 6.07) is 16.1. The Balaban J connectivity index is 1.47. The molecule has 1 aromatic heterocycles. The van der Waals surface area contributed by atoms with Gasteiger partial charge in [0, 0.05) is 11.6 Å². The summed E-state index contributed by atoms with van der Waals surface area (Å²) < 4.78 is 6.27. The Kier molecular flexibility index (Phi) is 4.97. The SMILES string of the molecule is O=C1/C(=C/c2ccc3noc(-c4ccccc4)c3c2)SC(=S)N1C1CCCCC1. The fourth-order valence-corrected chi connectivity index (χ4v) is 5.53. The first-order chi connectivity index (χ1) is 14.2. The van der Waals surface area contributed by atoms with Gasteiger partial charge in [-0.1, -0.05) is 84.8 Å². The van der Waals surface area contributed by atoms with Crippen molar-refractivity contribution in [1.82, 2.24) is 10.1 Å². The van der Waals surface area contributed by atoms with E-state index in [9.17, 15) is 4.79 Å². The molecular weight excluding hydrogens is 400 g/mol. The molecule has 0 atom stereocenters. The number of benzene rings is 2. The van der Waals surface area contributed by atoms with Crippen LogP contribution in [0.2, 0.25) is 0 Å². The van der Waals surface area contributed by atoms with Crippen LogP contribution in [0.4, 0.5) is 0 Å². The van der Waals surface area contributed by atoms with Crippen LogP contribution in [0.3, 0.4) is 0 Å². The number of hydrogen-bond acceptors (Lipinski definition) is 5. The van der Waals surface area contributed by atoms with Crippen molar-refractivity contribution in [3.05, 3.63) is 59.0 Å². The van der Waals surface area contributed by atoms with Crippen LogP contribution in [0.15, 0.2) is 58.0 Å². The quantitative estimate of drug-likeness (QED) is 0.382. The Labute approximate surface area is 178 Å². The summed E-state index contributed by atoms with van der Waals surface area (Å²) in [5, 5.41) is 5.11. The molecule has 4 nitrogen and oxygen atoms in total. The van der Waals surface area contributed by atoms with Crippen molar-refractivity contribution >= 4 is 51.2 Å². The minimum atomic E-state index is 0.0422. The van der Waals surface area contributed by atoms with Crippen LogP contribution in [-0.4, -0.2) is 26.3 Å². The van der Waals surface area contributed by atoms with E-state index in [0.29, 0.717) is 9.23 Å². The Bertz CT molecular complexity index is 1110. The number of rotatable bonds is 3. The van der Waals surface area contributed by atoms with E-state index in [1.165, 1.54) is 31.0 Å². The largest absolute Gasteiger partial charge is 0.355 e. The molecule has 1 saturated carbocycles. The van der Waals surface area contributed by atoms with Gasteiger partial charge in [-0.15, -0.1) is 0 Å². The minimum Gasteiger partial charge on any atom is -0.355 e. The van der Waals surface area contributed by atoms with E-state index >= 15 is 0 Å². The standard InChI is InChI=1S/C23H20N2O2S2/c26-22-20(29-23(28)25(22)17-9-5-2-6-10-17)14-15-11-12-19-18(13-15)21(27-24-19)16-7-3-1-4-8-16/h1,3-4,7-8,11-14,17H,2,5-6,9-10H2/b20-14-. The number of carbonyl (C=O) groups is 1. The third-order valence-corrected chi connectivity index (χ3v) is 6.93. The topological polar surface area (TPSA) is 46.3 Å². The van der Waals surface area contributed by atoms with Crippen molar-refractivity contribution in [3.8, 4) is 11.3 Å². The van der Waals surface area contributed by atoms with E-state index in [1.807, 2.05) is 59.5 Å². The number of thiocarbonyl (C=S) groups is 1. The van der Waals surface area contributed by atoms with E-state index in [-0.39, 0.29) is 11.9 Å². The maximum atomic E-state index is 13.0. The molecule has 5 rings (SSSR count). The third kappa shape index (κ3) is 3.51. The molecule has 2 fully saturated rings. The van der Waals surface area contributed by atoms with Crippen LogP contribution in [0.5, 0.6) is 0 Å². The zero-order valence-corrected chi connectivity index (χ0v) is 17.5. The van der Waals surface area contributed by atoms with Gasteiger partial charge in [-0.3, -0.25) is 9.69 Å². The highest BCUT2D eigenvalue weighted by molar-refractivity contribution is 8.26. The van der Waals surface area contributed by atoms with Crippen LogP contribution in [0, 0.1) is 0 Å². The molecule has 0 N–H and O–H groups in total. The van der Waals surface area contributed by atoms with Gasteiger partial charge < -0.3 is 4.52 Å². The van der Waals surface area contributed by atoms with Gasteiger partial charge in [0.25, 0.3) is 5.91 Å². The molecule has 1 aliphatic carbocycles. The fraction of sp³-hybridized carbons (Fsp3) is 0.261. The number of amides is 1. The zero-order valence-electron chi connectivity index (χ0n) is 15.8. The van der Waals surface area contributed by atoms with Crippen LogP contribution >= 0.6 is 24.0 Å². The van der Waals surface area contributed by atoms with Gasteiger partial charge in [-0.25, -0.2) is 0 Å². The second-order valence-electron chi connectivity index (χ2n) is 7.50. The highest BCUT2D eigenvalue weighted by atomic mass is 32.2. The van der Waals surface area contributed by atoms with E-state index in [0.717, 1.165) is 40.6 Å². The molecule has 1 saturated heterocycles. The molecule has 146 valence electrons.